The Morgan fingerprint density at radius 2 is 1.76 bits per heavy atom. The molecule has 0 saturated carbocycles. The van der Waals surface area contributed by atoms with E-state index in [2.05, 4.69) is 32.8 Å². The number of nitrogens with zero attached hydrogens (tertiary/aromatic N) is 2. The van der Waals surface area contributed by atoms with E-state index in [9.17, 15) is 9.59 Å². The summed E-state index contributed by atoms with van der Waals surface area (Å²) in [5, 5.41) is 12.7. The molecule has 2 amide bonds. The van der Waals surface area contributed by atoms with Crippen LogP contribution in [0.25, 0.3) is 11.1 Å². The Morgan fingerprint density at radius 1 is 1.05 bits per heavy atom. The zero-order valence-electron chi connectivity index (χ0n) is 21.2. The lowest BCUT2D eigenvalue weighted by Gasteiger charge is -2.29. The fraction of sp³-hybridized carbons (Fsp3) is 0.321. The molecule has 2 aromatic heterocycles. The number of H-pyrrole nitrogens is 1. The first-order chi connectivity index (χ1) is 17.8. The van der Waals surface area contributed by atoms with Crippen LogP contribution in [0, 0.1) is 0 Å². The molecule has 5 rings (SSSR count). The standard InChI is InChI=1S/C28H31N5O4/c1-28(2,19-7-5-4-6-8-19)30-27(35)23-17-22-24(37-23)25(32-31-22)29-26(34)18-9-11-20(12-10-18)36-21-13-15-33(3)16-14-21/h4-12,17,21H,13-16H2,1-3H3,(H,30,35)(H2,29,31,32,34). The van der Waals surface area contributed by atoms with E-state index in [1.54, 1.807) is 30.3 Å². The lowest BCUT2D eigenvalue weighted by molar-refractivity contribution is 0.0885. The number of nitrogens with one attached hydrogen (secondary N) is 3. The first-order valence-electron chi connectivity index (χ1n) is 12.4. The maximum Gasteiger partial charge on any atom is 0.287 e. The molecule has 37 heavy (non-hydrogen) atoms. The van der Waals surface area contributed by atoms with Gasteiger partial charge >= 0.3 is 0 Å². The third-order valence-corrected chi connectivity index (χ3v) is 6.70. The molecule has 4 aromatic rings. The highest BCUT2D eigenvalue weighted by Crippen LogP contribution is 2.27. The molecule has 0 atom stereocenters. The zero-order valence-corrected chi connectivity index (χ0v) is 21.2. The molecule has 3 heterocycles. The number of hydrogen-bond donors (Lipinski definition) is 3. The number of carbonyl (C=O) groups is 2. The SMILES string of the molecule is CN1CCC(Oc2ccc(C(=O)Nc3n[nH]c4cc(C(=O)NC(C)(C)c5ccccc5)oc34)cc2)CC1. The minimum atomic E-state index is -0.600. The molecule has 0 bridgehead atoms. The minimum absolute atomic E-state index is 0.124. The summed E-state index contributed by atoms with van der Waals surface area (Å²) in [6, 6.07) is 18.3. The lowest BCUT2D eigenvalue weighted by atomic mass is 9.94. The number of anilines is 1. The summed E-state index contributed by atoms with van der Waals surface area (Å²) in [7, 11) is 2.11. The summed E-state index contributed by atoms with van der Waals surface area (Å²) in [4.78, 5) is 28.0. The molecule has 0 spiro atoms. The molecule has 0 aliphatic carbocycles. The van der Waals surface area contributed by atoms with Gasteiger partial charge in [0.1, 0.15) is 17.4 Å². The summed E-state index contributed by atoms with van der Waals surface area (Å²) in [5.74, 6) is 0.378. The number of ether oxygens (including phenoxy) is 1. The minimum Gasteiger partial charge on any atom is -0.490 e. The van der Waals surface area contributed by atoms with E-state index in [1.807, 2.05) is 44.2 Å². The first-order valence-corrected chi connectivity index (χ1v) is 12.4. The third-order valence-electron chi connectivity index (χ3n) is 6.70. The van der Waals surface area contributed by atoms with Crippen LogP contribution in [0.1, 0.15) is 53.2 Å². The van der Waals surface area contributed by atoms with Gasteiger partial charge in [0.25, 0.3) is 11.8 Å². The Bertz CT molecular complexity index is 1380. The molecule has 3 N–H and O–H groups in total. The van der Waals surface area contributed by atoms with Crippen molar-refractivity contribution in [2.24, 2.45) is 0 Å². The van der Waals surface area contributed by atoms with Crippen LogP contribution in [0.4, 0.5) is 5.82 Å². The second-order valence-electron chi connectivity index (χ2n) is 9.97. The van der Waals surface area contributed by atoms with Gasteiger partial charge in [-0.1, -0.05) is 30.3 Å². The quantitative estimate of drug-likeness (QED) is 0.343. The average Bonchev–Trinajstić information content (AvgIpc) is 3.48. The largest absolute Gasteiger partial charge is 0.490 e. The van der Waals surface area contributed by atoms with Crippen molar-refractivity contribution >= 4 is 28.7 Å². The van der Waals surface area contributed by atoms with Crippen LogP contribution in [0.3, 0.4) is 0 Å². The maximum absolute atomic E-state index is 12.9. The molecule has 9 nitrogen and oxygen atoms in total. The van der Waals surface area contributed by atoms with Crippen LogP contribution in [0.2, 0.25) is 0 Å². The monoisotopic (exact) mass is 501 g/mol. The van der Waals surface area contributed by atoms with Crippen molar-refractivity contribution in [2.75, 3.05) is 25.5 Å². The molecule has 1 aliphatic heterocycles. The van der Waals surface area contributed by atoms with Crippen molar-refractivity contribution in [1.82, 2.24) is 20.4 Å². The lowest BCUT2D eigenvalue weighted by Crippen LogP contribution is -2.40. The molecule has 0 radical (unpaired) electrons. The average molecular weight is 502 g/mol. The Morgan fingerprint density at radius 3 is 2.46 bits per heavy atom. The normalized spacial score (nSPS) is 15.0. The highest BCUT2D eigenvalue weighted by atomic mass is 16.5. The number of furan rings is 1. The van der Waals surface area contributed by atoms with Crippen LogP contribution < -0.4 is 15.4 Å². The molecule has 1 aliphatic rings. The number of amides is 2. The molecule has 192 valence electrons. The predicted molar refractivity (Wildman–Crippen MR) is 141 cm³/mol. The number of fused-ring (bicyclic) bond motifs is 1. The number of likely N-dealkylation sites (tertiary alicyclic amines) is 1. The number of carbonyl (C=O) groups excluding carboxylic acids is 2. The number of hydrogen-bond acceptors (Lipinski definition) is 6. The van der Waals surface area contributed by atoms with Crippen molar-refractivity contribution in [3.63, 3.8) is 0 Å². The van der Waals surface area contributed by atoms with Gasteiger partial charge in [0.15, 0.2) is 17.2 Å². The van der Waals surface area contributed by atoms with E-state index >= 15 is 0 Å². The highest BCUT2D eigenvalue weighted by Gasteiger charge is 2.26. The first kappa shape index (κ1) is 24.6. The second kappa shape index (κ2) is 10.1. The third kappa shape index (κ3) is 5.51. The van der Waals surface area contributed by atoms with E-state index < -0.39 is 5.54 Å². The van der Waals surface area contributed by atoms with Gasteiger partial charge in [-0.2, -0.15) is 5.10 Å². The van der Waals surface area contributed by atoms with Crippen LogP contribution in [0.5, 0.6) is 5.75 Å². The molecule has 9 heteroatoms. The van der Waals surface area contributed by atoms with Crippen molar-refractivity contribution < 1.29 is 18.7 Å². The Hall–Kier alpha value is -4.11. The second-order valence-corrected chi connectivity index (χ2v) is 9.97. The molecular formula is C28H31N5O4. The summed E-state index contributed by atoms with van der Waals surface area (Å²) < 4.78 is 11.8. The van der Waals surface area contributed by atoms with Crippen molar-refractivity contribution in [3.8, 4) is 5.75 Å². The molecule has 1 fully saturated rings. The Balaban J connectivity index is 1.23. The van der Waals surface area contributed by atoms with Crippen LogP contribution in [0.15, 0.2) is 65.1 Å². The number of piperidine rings is 1. The smallest absolute Gasteiger partial charge is 0.287 e. The van der Waals surface area contributed by atoms with E-state index in [-0.39, 0.29) is 29.5 Å². The van der Waals surface area contributed by atoms with Gasteiger partial charge < -0.3 is 24.7 Å². The number of aromatic nitrogens is 2. The van der Waals surface area contributed by atoms with Crippen molar-refractivity contribution in [2.45, 2.75) is 38.3 Å². The summed E-state index contributed by atoms with van der Waals surface area (Å²) >= 11 is 0. The van der Waals surface area contributed by atoms with Crippen LogP contribution in [-0.2, 0) is 5.54 Å². The molecule has 2 aromatic carbocycles. The van der Waals surface area contributed by atoms with Gasteiger partial charge in [0, 0.05) is 24.7 Å². The molecule has 0 unspecified atom stereocenters. The fourth-order valence-electron chi connectivity index (χ4n) is 4.45. The predicted octanol–water partition coefficient (Wildman–Crippen LogP) is 4.55. The van der Waals surface area contributed by atoms with Gasteiger partial charge in [0.05, 0.1) is 5.54 Å². The fourth-order valence-corrected chi connectivity index (χ4v) is 4.45. The molecule has 1 saturated heterocycles. The number of benzene rings is 2. The topological polar surface area (TPSA) is 112 Å². The highest BCUT2D eigenvalue weighted by molar-refractivity contribution is 6.07. The van der Waals surface area contributed by atoms with Crippen molar-refractivity contribution in [1.29, 1.82) is 0 Å². The van der Waals surface area contributed by atoms with Crippen LogP contribution >= 0.6 is 0 Å². The number of rotatable bonds is 7. The number of aromatic amines is 1. The summed E-state index contributed by atoms with van der Waals surface area (Å²) in [6.07, 6.45) is 2.17. The van der Waals surface area contributed by atoms with E-state index in [0.29, 0.717) is 16.7 Å². The van der Waals surface area contributed by atoms with Crippen molar-refractivity contribution in [3.05, 3.63) is 77.6 Å². The summed E-state index contributed by atoms with van der Waals surface area (Å²) in [6.45, 7) is 5.88. The van der Waals surface area contributed by atoms with Gasteiger partial charge in [-0.15, -0.1) is 0 Å². The van der Waals surface area contributed by atoms with Gasteiger partial charge in [-0.05, 0) is 63.6 Å². The Kier molecular flexibility index (Phi) is 6.71. The zero-order chi connectivity index (χ0) is 26.0. The van der Waals surface area contributed by atoms with E-state index in [4.69, 9.17) is 9.15 Å². The van der Waals surface area contributed by atoms with Crippen LogP contribution in [-0.4, -0.2) is 53.2 Å². The van der Waals surface area contributed by atoms with E-state index in [0.717, 1.165) is 37.2 Å². The van der Waals surface area contributed by atoms with Gasteiger partial charge in [0.2, 0.25) is 0 Å². The maximum atomic E-state index is 12.9. The van der Waals surface area contributed by atoms with E-state index in [1.165, 1.54) is 0 Å². The molecular weight excluding hydrogens is 470 g/mol. The Labute approximate surface area is 215 Å². The summed E-state index contributed by atoms with van der Waals surface area (Å²) in [5.41, 5.74) is 1.65. The van der Waals surface area contributed by atoms with Gasteiger partial charge in [-0.25, -0.2) is 0 Å². The van der Waals surface area contributed by atoms with Gasteiger partial charge in [-0.3, -0.25) is 14.7 Å².